The molecule has 2 atom stereocenters. The van der Waals surface area contributed by atoms with E-state index >= 15 is 0 Å². The Kier molecular flexibility index (Phi) is 2.84. The van der Waals surface area contributed by atoms with Crippen LogP contribution in [0, 0.1) is 18.8 Å². The third kappa shape index (κ3) is 1.98. The van der Waals surface area contributed by atoms with Crippen molar-refractivity contribution < 1.29 is 0 Å². The predicted octanol–water partition coefficient (Wildman–Crippen LogP) is 3.88. The quantitative estimate of drug-likeness (QED) is 0.907. The summed E-state index contributed by atoms with van der Waals surface area (Å²) in [6, 6.07) is 8.63. The Morgan fingerprint density at radius 2 is 1.90 bits per heavy atom. The van der Waals surface area contributed by atoms with E-state index in [9.17, 15) is 0 Å². The number of anilines is 1. The van der Waals surface area contributed by atoms with Crippen LogP contribution < -0.4 is 5.73 Å². The van der Waals surface area contributed by atoms with Crippen molar-refractivity contribution in [2.45, 2.75) is 38.5 Å². The smallest absolute Gasteiger partial charge is 0.129 e. The molecule has 0 amide bonds. The molecule has 2 N–H and O–H groups in total. The zero-order chi connectivity index (χ0) is 14.6. The Morgan fingerprint density at radius 3 is 2.57 bits per heavy atom. The van der Waals surface area contributed by atoms with Crippen molar-refractivity contribution in [2.24, 2.45) is 18.9 Å². The van der Waals surface area contributed by atoms with Gasteiger partial charge in [-0.25, -0.2) is 0 Å². The van der Waals surface area contributed by atoms with Gasteiger partial charge in [-0.2, -0.15) is 5.10 Å². The minimum Gasteiger partial charge on any atom is -0.383 e. The largest absolute Gasteiger partial charge is 0.383 e. The molecule has 1 aromatic carbocycles. The molecule has 4 rings (SSSR count). The zero-order valence-electron chi connectivity index (χ0n) is 12.8. The monoisotopic (exact) mass is 281 g/mol. The van der Waals surface area contributed by atoms with Gasteiger partial charge in [0.1, 0.15) is 5.82 Å². The second-order valence-corrected chi connectivity index (χ2v) is 6.78. The van der Waals surface area contributed by atoms with E-state index < -0.39 is 0 Å². The molecular formula is C18H23N3. The van der Waals surface area contributed by atoms with Gasteiger partial charge < -0.3 is 5.73 Å². The van der Waals surface area contributed by atoms with E-state index in [2.05, 4.69) is 31.2 Å². The number of hydrogen-bond donors (Lipinski definition) is 1. The number of fused-ring (bicyclic) bond motifs is 1. The predicted molar refractivity (Wildman–Crippen MR) is 86.0 cm³/mol. The molecule has 1 heterocycles. The number of aryl methyl sites for hydroxylation is 2. The van der Waals surface area contributed by atoms with Gasteiger partial charge in [-0.15, -0.1) is 0 Å². The minimum absolute atomic E-state index is 0.645. The van der Waals surface area contributed by atoms with Crippen LogP contribution in [0.4, 0.5) is 5.82 Å². The average Bonchev–Trinajstić information content (AvgIpc) is 3.13. The summed E-state index contributed by atoms with van der Waals surface area (Å²) >= 11 is 0. The first-order chi connectivity index (χ1) is 10.2. The molecule has 0 spiro atoms. The molecule has 0 saturated heterocycles. The molecule has 1 aromatic heterocycles. The molecule has 3 nitrogen and oxygen atoms in total. The Balaban J connectivity index is 1.80. The van der Waals surface area contributed by atoms with Crippen LogP contribution in [0.1, 0.15) is 42.9 Å². The third-order valence-corrected chi connectivity index (χ3v) is 5.40. The van der Waals surface area contributed by atoms with Crippen molar-refractivity contribution in [1.82, 2.24) is 9.78 Å². The van der Waals surface area contributed by atoms with Crippen LogP contribution in [0.5, 0.6) is 0 Å². The minimum atomic E-state index is 0.645. The number of rotatable bonds is 2. The first-order valence-electron chi connectivity index (χ1n) is 8.06. The fraction of sp³-hybridized carbons (Fsp3) is 0.500. The highest BCUT2D eigenvalue weighted by Gasteiger charge is 2.53. The zero-order valence-corrected chi connectivity index (χ0v) is 12.8. The standard InChI is InChI=1S/C18H23N3/c1-11-6-5-7-12(10-11)15-17(20-21(2)18(15)19)16-13-8-3-4-9-14(13)16/h5-7,10,13-14,16H,3-4,8-9,19H2,1-2H3. The average molecular weight is 281 g/mol. The summed E-state index contributed by atoms with van der Waals surface area (Å²) in [5.74, 6) is 3.17. The summed E-state index contributed by atoms with van der Waals surface area (Å²) in [6.07, 6.45) is 5.53. The maximum Gasteiger partial charge on any atom is 0.129 e. The van der Waals surface area contributed by atoms with Gasteiger partial charge in [0.15, 0.2) is 0 Å². The molecule has 2 unspecified atom stereocenters. The van der Waals surface area contributed by atoms with Gasteiger partial charge >= 0.3 is 0 Å². The van der Waals surface area contributed by atoms with Gasteiger partial charge in [-0.1, -0.05) is 42.7 Å². The van der Waals surface area contributed by atoms with E-state index in [1.807, 2.05) is 11.7 Å². The number of nitrogens with two attached hydrogens (primary N) is 1. The highest BCUT2D eigenvalue weighted by Crippen LogP contribution is 2.62. The molecule has 0 radical (unpaired) electrons. The summed E-state index contributed by atoms with van der Waals surface area (Å²) in [4.78, 5) is 0. The van der Waals surface area contributed by atoms with Gasteiger partial charge in [0.25, 0.3) is 0 Å². The number of nitrogens with zero attached hydrogens (tertiary/aromatic N) is 2. The van der Waals surface area contributed by atoms with Crippen LogP contribution in [-0.4, -0.2) is 9.78 Å². The summed E-state index contributed by atoms with van der Waals surface area (Å²) in [6.45, 7) is 2.13. The van der Waals surface area contributed by atoms with Gasteiger partial charge in [0, 0.05) is 18.5 Å². The highest BCUT2D eigenvalue weighted by molar-refractivity contribution is 5.78. The van der Waals surface area contributed by atoms with Gasteiger partial charge in [-0.3, -0.25) is 4.68 Å². The lowest BCUT2D eigenvalue weighted by molar-refractivity contribution is 0.480. The van der Waals surface area contributed by atoms with Crippen molar-refractivity contribution in [2.75, 3.05) is 5.73 Å². The Labute approximate surface area is 126 Å². The van der Waals surface area contributed by atoms with Crippen LogP contribution in [0.25, 0.3) is 11.1 Å². The van der Waals surface area contributed by atoms with Crippen LogP contribution in [0.2, 0.25) is 0 Å². The van der Waals surface area contributed by atoms with Crippen LogP contribution in [-0.2, 0) is 7.05 Å². The molecule has 2 fully saturated rings. The molecule has 2 aliphatic rings. The SMILES string of the molecule is Cc1cccc(-c2c(C3C4CCCCC43)nn(C)c2N)c1. The fourth-order valence-corrected chi connectivity index (χ4v) is 4.29. The van der Waals surface area contributed by atoms with Crippen LogP contribution >= 0.6 is 0 Å². The summed E-state index contributed by atoms with van der Waals surface area (Å²) in [5.41, 5.74) is 11.3. The molecular weight excluding hydrogens is 258 g/mol. The molecule has 2 saturated carbocycles. The van der Waals surface area contributed by atoms with Crippen molar-refractivity contribution in [3.8, 4) is 11.1 Å². The van der Waals surface area contributed by atoms with Crippen LogP contribution in [0.3, 0.4) is 0 Å². The Morgan fingerprint density at radius 1 is 1.19 bits per heavy atom. The second-order valence-electron chi connectivity index (χ2n) is 6.78. The lowest BCUT2D eigenvalue weighted by atomic mass is 10.00. The highest BCUT2D eigenvalue weighted by atomic mass is 15.3. The lowest BCUT2D eigenvalue weighted by Crippen LogP contribution is -1.98. The van der Waals surface area contributed by atoms with Gasteiger partial charge in [-0.05, 0) is 37.2 Å². The normalized spacial score (nSPS) is 27.4. The first kappa shape index (κ1) is 12.9. The van der Waals surface area contributed by atoms with E-state index in [1.165, 1.54) is 48.1 Å². The number of hydrogen-bond acceptors (Lipinski definition) is 2. The third-order valence-electron chi connectivity index (χ3n) is 5.40. The summed E-state index contributed by atoms with van der Waals surface area (Å²) in [5, 5.41) is 4.79. The van der Waals surface area contributed by atoms with E-state index in [0.717, 1.165) is 17.7 Å². The topological polar surface area (TPSA) is 43.8 Å². The summed E-state index contributed by atoms with van der Waals surface area (Å²) < 4.78 is 1.86. The van der Waals surface area contributed by atoms with Crippen molar-refractivity contribution in [3.63, 3.8) is 0 Å². The number of aromatic nitrogens is 2. The van der Waals surface area contributed by atoms with E-state index in [-0.39, 0.29) is 0 Å². The van der Waals surface area contributed by atoms with Crippen LogP contribution in [0.15, 0.2) is 24.3 Å². The van der Waals surface area contributed by atoms with E-state index in [0.29, 0.717) is 5.92 Å². The molecule has 0 aliphatic heterocycles. The number of nitrogen functional groups attached to an aromatic ring is 1. The molecule has 2 aromatic rings. The van der Waals surface area contributed by atoms with Crippen molar-refractivity contribution in [1.29, 1.82) is 0 Å². The maximum absolute atomic E-state index is 6.34. The molecule has 3 heteroatoms. The Bertz CT molecular complexity index is 674. The fourth-order valence-electron chi connectivity index (χ4n) is 4.29. The van der Waals surface area contributed by atoms with Crippen molar-refractivity contribution in [3.05, 3.63) is 35.5 Å². The lowest BCUT2D eigenvalue weighted by Gasteiger charge is -2.05. The maximum atomic E-state index is 6.34. The van der Waals surface area contributed by atoms with E-state index in [4.69, 9.17) is 10.8 Å². The van der Waals surface area contributed by atoms with Gasteiger partial charge in [0.05, 0.1) is 5.69 Å². The van der Waals surface area contributed by atoms with Gasteiger partial charge in [0.2, 0.25) is 0 Å². The summed E-state index contributed by atoms with van der Waals surface area (Å²) in [7, 11) is 1.96. The molecule has 0 bridgehead atoms. The Hall–Kier alpha value is -1.77. The molecule has 21 heavy (non-hydrogen) atoms. The second kappa shape index (κ2) is 4.62. The number of benzene rings is 1. The first-order valence-corrected chi connectivity index (χ1v) is 8.06. The van der Waals surface area contributed by atoms with E-state index in [1.54, 1.807) is 0 Å². The molecule has 110 valence electrons. The molecule has 2 aliphatic carbocycles. The van der Waals surface area contributed by atoms with Crippen molar-refractivity contribution >= 4 is 5.82 Å².